The number of thiocarbonyl (C=S) groups is 1. The predicted molar refractivity (Wildman–Crippen MR) is 82.4 cm³/mol. The van der Waals surface area contributed by atoms with Crippen LogP contribution in [-0.2, 0) is 0 Å². The third-order valence-electron chi connectivity index (χ3n) is 2.56. The Morgan fingerprint density at radius 3 is 2.47 bits per heavy atom. The van der Waals surface area contributed by atoms with Crippen LogP contribution in [-0.4, -0.2) is 5.11 Å². The van der Waals surface area contributed by atoms with Crippen molar-refractivity contribution in [1.29, 1.82) is 0 Å². The summed E-state index contributed by atoms with van der Waals surface area (Å²) in [7, 11) is 0. The second-order valence-electron chi connectivity index (χ2n) is 4.02. The van der Waals surface area contributed by atoms with Crippen molar-refractivity contribution in [2.45, 2.75) is 6.92 Å². The van der Waals surface area contributed by atoms with E-state index in [2.05, 4.69) is 10.6 Å². The number of aryl methyl sites for hydroxylation is 1. The van der Waals surface area contributed by atoms with Crippen molar-refractivity contribution in [2.24, 2.45) is 0 Å². The summed E-state index contributed by atoms with van der Waals surface area (Å²) in [6.07, 6.45) is 0. The molecule has 0 fully saturated rings. The molecule has 0 radical (unpaired) electrons. The zero-order valence-corrected chi connectivity index (χ0v) is 11.8. The summed E-state index contributed by atoms with van der Waals surface area (Å²) in [6.45, 7) is 1.81. The first-order valence-corrected chi connectivity index (χ1v) is 6.43. The van der Waals surface area contributed by atoms with Crippen molar-refractivity contribution in [3.05, 3.63) is 58.9 Å². The van der Waals surface area contributed by atoms with Gasteiger partial charge in [0.05, 0.1) is 10.7 Å². The molecule has 0 aliphatic carbocycles. The first-order chi connectivity index (χ1) is 9.06. The van der Waals surface area contributed by atoms with Gasteiger partial charge < -0.3 is 10.6 Å². The zero-order chi connectivity index (χ0) is 13.8. The molecule has 2 aromatic rings. The number of hydrogen-bond acceptors (Lipinski definition) is 1. The summed E-state index contributed by atoms with van der Waals surface area (Å²) >= 11 is 11.2. The Kier molecular flexibility index (Phi) is 4.35. The number of benzene rings is 2. The van der Waals surface area contributed by atoms with Gasteiger partial charge in [-0.3, -0.25) is 0 Å². The van der Waals surface area contributed by atoms with E-state index in [1.165, 1.54) is 12.1 Å². The van der Waals surface area contributed by atoms with E-state index in [0.717, 1.165) is 16.9 Å². The molecule has 5 heteroatoms. The highest BCUT2D eigenvalue weighted by molar-refractivity contribution is 7.80. The number of halogens is 2. The molecular formula is C14H12ClFN2S. The van der Waals surface area contributed by atoms with Gasteiger partial charge in [-0.15, -0.1) is 0 Å². The number of para-hydroxylation sites is 1. The molecule has 0 amide bonds. The lowest BCUT2D eigenvalue weighted by atomic mass is 10.2. The highest BCUT2D eigenvalue weighted by Crippen LogP contribution is 2.21. The maximum absolute atomic E-state index is 13.0. The zero-order valence-electron chi connectivity index (χ0n) is 10.2. The Morgan fingerprint density at radius 2 is 1.79 bits per heavy atom. The first kappa shape index (κ1) is 13.8. The summed E-state index contributed by atoms with van der Waals surface area (Å²) in [6, 6.07) is 11.8. The number of anilines is 2. The molecule has 0 bridgehead atoms. The Labute approximate surface area is 121 Å². The predicted octanol–water partition coefficient (Wildman–Crippen LogP) is 4.60. The minimum atomic E-state index is -0.270. The molecule has 0 aliphatic heterocycles. The van der Waals surface area contributed by atoms with Crippen molar-refractivity contribution < 1.29 is 4.39 Å². The number of nitrogens with one attached hydrogen (secondary N) is 2. The van der Waals surface area contributed by atoms with Gasteiger partial charge in [0.1, 0.15) is 5.82 Å². The molecule has 98 valence electrons. The molecule has 0 saturated heterocycles. The summed E-state index contributed by atoms with van der Waals surface area (Å²) in [5.41, 5.74) is 2.26. The van der Waals surface area contributed by atoms with Gasteiger partial charge in [0.25, 0.3) is 0 Å². The maximum atomic E-state index is 13.0. The Hall–Kier alpha value is -1.65. The Bertz CT molecular complexity index is 616. The standard InChI is InChI=1S/C14H12ClFN2S/c1-9-8-10(16)6-7-12(9)17-14(19)18-13-5-3-2-4-11(13)15/h2-8H,1H3,(H2,17,18,19). The van der Waals surface area contributed by atoms with Crippen LogP contribution >= 0.6 is 23.8 Å². The van der Waals surface area contributed by atoms with E-state index < -0.39 is 0 Å². The van der Waals surface area contributed by atoms with Crippen LogP contribution in [0.1, 0.15) is 5.56 Å². The fourth-order valence-corrected chi connectivity index (χ4v) is 2.01. The summed E-state index contributed by atoms with van der Waals surface area (Å²) in [5.74, 6) is -0.270. The quantitative estimate of drug-likeness (QED) is 0.792. The fraction of sp³-hybridized carbons (Fsp3) is 0.0714. The molecular weight excluding hydrogens is 283 g/mol. The normalized spacial score (nSPS) is 10.1. The SMILES string of the molecule is Cc1cc(F)ccc1NC(=S)Nc1ccccc1Cl. The number of rotatable bonds is 2. The van der Waals surface area contributed by atoms with E-state index >= 15 is 0 Å². The monoisotopic (exact) mass is 294 g/mol. The van der Waals surface area contributed by atoms with Crippen LogP contribution in [0.2, 0.25) is 5.02 Å². The molecule has 2 N–H and O–H groups in total. The Balaban J connectivity index is 2.08. The summed E-state index contributed by atoms with van der Waals surface area (Å²) in [4.78, 5) is 0. The van der Waals surface area contributed by atoms with Crippen LogP contribution in [0.5, 0.6) is 0 Å². The van der Waals surface area contributed by atoms with Gasteiger partial charge in [-0.05, 0) is 55.0 Å². The van der Waals surface area contributed by atoms with Gasteiger partial charge in [0.15, 0.2) is 5.11 Å². The van der Waals surface area contributed by atoms with Crippen LogP contribution in [0.3, 0.4) is 0 Å². The first-order valence-electron chi connectivity index (χ1n) is 5.65. The topological polar surface area (TPSA) is 24.1 Å². The third-order valence-corrected chi connectivity index (χ3v) is 3.09. The maximum Gasteiger partial charge on any atom is 0.175 e. The van der Waals surface area contributed by atoms with Crippen molar-refractivity contribution >= 4 is 40.3 Å². The molecule has 2 aromatic carbocycles. The molecule has 2 rings (SSSR count). The van der Waals surface area contributed by atoms with Gasteiger partial charge in [0, 0.05) is 5.69 Å². The van der Waals surface area contributed by atoms with Gasteiger partial charge in [-0.2, -0.15) is 0 Å². The molecule has 0 heterocycles. The van der Waals surface area contributed by atoms with Gasteiger partial charge in [-0.25, -0.2) is 4.39 Å². The van der Waals surface area contributed by atoms with Crippen molar-refractivity contribution in [3.8, 4) is 0 Å². The van der Waals surface area contributed by atoms with Gasteiger partial charge in [0.2, 0.25) is 0 Å². The van der Waals surface area contributed by atoms with Crippen molar-refractivity contribution in [2.75, 3.05) is 10.6 Å². The average molecular weight is 295 g/mol. The highest BCUT2D eigenvalue weighted by Gasteiger charge is 2.04. The van der Waals surface area contributed by atoms with Gasteiger partial charge in [-0.1, -0.05) is 23.7 Å². The molecule has 2 nitrogen and oxygen atoms in total. The van der Waals surface area contributed by atoms with E-state index in [9.17, 15) is 4.39 Å². The minimum Gasteiger partial charge on any atom is -0.332 e. The second-order valence-corrected chi connectivity index (χ2v) is 4.83. The molecule has 0 atom stereocenters. The molecule has 0 saturated carbocycles. The van der Waals surface area contributed by atoms with Gasteiger partial charge >= 0.3 is 0 Å². The Morgan fingerprint density at radius 1 is 1.11 bits per heavy atom. The number of hydrogen-bond donors (Lipinski definition) is 2. The molecule has 19 heavy (non-hydrogen) atoms. The van der Waals surface area contributed by atoms with E-state index in [-0.39, 0.29) is 5.82 Å². The average Bonchev–Trinajstić information content (AvgIpc) is 2.36. The van der Waals surface area contributed by atoms with Crippen LogP contribution in [0.25, 0.3) is 0 Å². The molecule has 0 aliphatic rings. The van der Waals surface area contributed by atoms with E-state index in [4.69, 9.17) is 23.8 Å². The van der Waals surface area contributed by atoms with Crippen molar-refractivity contribution in [1.82, 2.24) is 0 Å². The van der Waals surface area contributed by atoms with E-state index in [1.54, 1.807) is 12.1 Å². The van der Waals surface area contributed by atoms with Crippen LogP contribution in [0.15, 0.2) is 42.5 Å². The molecule has 0 spiro atoms. The smallest absolute Gasteiger partial charge is 0.175 e. The lowest BCUT2D eigenvalue weighted by molar-refractivity contribution is 0.627. The van der Waals surface area contributed by atoms with E-state index in [1.807, 2.05) is 25.1 Å². The summed E-state index contributed by atoms with van der Waals surface area (Å²) in [5, 5.41) is 6.99. The second kappa shape index (κ2) is 5.99. The van der Waals surface area contributed by atoms with Crippen molar-refractivity contribution in [3.63, 3.8) is 0 Å². The third kappa shape index (κ3) is 3.66. The lowest BCUT2D eigenvalue weighted by Gasteiger charge is -2.13. The minimum absolute atomic E-state index is 0.270. The fourth-order valence-electron chi connectivity index (χ4n) is 1.61. The largest absolute Gasteiger partial charge is 0.332 e. The highest BCUT2D eigenvalue weighted by atomic mass is 35.5. The van der Waals surface area contributed by atoms with Crippen LogP contribution in [0.4, 0.5) is 15.8 Å². The summed E-state index contributed by atoms with van der Waals surface area (Å²) < 4.78 is 13.0. The van der Waals surface area contributed by atoms with Crippen LogP contribution < -0.4 is 10.6 Å². The lowest BCUT2D eigenvalue weighted by Crippen LogP contribution is -2.19. The molecule has 0 unspecified atom stereocenters. The van der Waals surface area contributed by atoms with Crippen LogP contribution in [0, 0.1) is 12.7 Å². The van der Waals surface area contributed by atoms with E-state index in [0.29, 0.717) is 10.1 Å². The molecule has 0 aromatic heterocycles.